The van der Waals surface area contributed by atoms with Crippen LogP contribution in [0.3, 0.4) is 0 Å². The normalized spacial score (nSPS) is 13.1. The minimum absolute atomic E-state index is 0.0832. The van der Waals surface area contributed by atoms with E-state index in [0.29, 0.717) is 5.75 Å². The maximum atomic E-state index is 10.1. The van der Waals surface area contributed by atoms with Gasteiger partial charge in [0.1, 0.15) is 5.69 Å². The number of benzene rings is 1. The lowest BCUT2D eigenvalue weighted by Crippen LogP contribution is -1.94. The van der Waals surface area contributed by atoms with E-state index < -0.39 is 0 Å². The van der Waals surface area contributed by atoms with E-state index in [4.69, 9.17) is 9.84 Å². The number of aryl methyl sites for hydroxylation is 1. The Balaban J connectivity index is 1.83. The molecule has 6 heteroatoms. The van der Waals surface area contributed by atoms with Crippen LogP contribution in [0.15, 0.2) is 48.8 Å². The van der Waals surface area contributed by atoms with Crippen molar-refractivity contribution in [2.45, 2.75) is 19.4 Å². The molecule has 0 saturated carbocycles. The topological polar surface area (TPSA) is 73.1 Å². The lowest BCUT2D eigenvalue weighted by Gasteiger charge is -2.11. The second-order valence-corrected chi connectivity index (χ2v) is 6.61. The van der Waals surface area contributed by atoms with Gasteiger partial charge in [0.2, 0.25) is 0 Å². The first kappa shape index (κ1) is 15.8. The monoisotopic (exact) mass is 358 g/mol. The van der Waals surface area contributed by atoms with Gasteiger partial charge in [-0.3, -0.25) is 14.6 Å². The highest BCUT2D eigenvalue weighted by Crippen LogP contribution is 2.41. The quantitative estimate of drug-likeness (QED) is 0.603. The molecule has 0 amide bonds. The summed E-state index contributed by atoms with van der Waals surface area (Å²) in [6, 6.07) is 11.3. The van der Waals surface area contributed by atoms with E-state index in [1.807, 2.05) is 30.3 Å². The Bertz CT molecular complexity index is 1150. The summed E-state index contributed by atoms with van der Waals surface area (Å²) in [7, 11) is 1.55. The van der Waals surface area contributed by atoms with Gasteiger partial charge < -0.3 is 9.84 Å². The molecule has 6 nitrogen and oxygen atoms in total. The molecule has 4 aromatic rings. The molecule has 0 aliphatic carbocycles. The summed E-state index contributed by atoms with van der Waals surface area (Å²) < 4.78 is 7.41. The third kappa shape index (κ3) is 2.44. The number of phenolic OH excluding ortho intramolecular Hbond substituents is 1. The molecule has 0 bridgehead atoms. The number of hydrogen-bond donors (Lipinski definition) is 1. The van der Waals surface area contributed by atoms with Crippen molar-refractivity contribution in [2.75, 3.05) is 7.11 Å². The van der Waals surface area contributed by atoms with Gasteiger partial charge in [-0.1, -0.05) is 6.07 Å². The van der Waals surface area contributed by atoms with Crippen molar-refractivity contribution in [2.24, 2.45) is 0 Å². The SMILES string of the molecule is COc1cc2c(-c3c(-c4ccccn4)nn4c3CCC4)ccnc2cc1O. The highest BCUT2D eigenvalue weighted by atomic mass is 16.5. The molecular formula is C21H18N4O2. The number of rotatable bonds is 3. The standard InChI is InChI=1S/C21H18N4O2/c1-27-19-11-14-13(7-9-23-16(14)12-18(19)26)20-17-6-4-10-25(17)24-21(20)15-5-2-3-8-22-15/h2-3,5,7-9,11-12,26H,4,6,10H2,1H3. The summed E-state index contributed by atoms with van der Waals surface area (Å²) in [5.41, 5.74) is 5.79. The third-order valence-electron chi connectivity index (χ3n) is 5.06. The number of aromatic hydroxyl groups is 1. The van der Waals surface area contributed by atoms with E-state index in [-0.39, 0.29) is 5.75 Å². The van der Waals surface area contributed by atoms with Gasteiger partial charge in [-0.05, 0) is 42.7 Å². The van der Waals surface area contributed by atoms with Crippen molar-refractivity contribution in [1.82, 2.24) is 19.7 Å². The Kier molecular flexibility index (Phi) is 3.57. The van der Waals surface area contributed by atoms with Crippen molar-refractivity contribution in [3.63, 3.8) is 0 Å². The minimum atomic E-state index is 0.0832. The number of nitrogens with zero attached hydrogens (tertiary/aromatic N) is 4. The molecule has 0 spiro atoms. The van der Waals surface area contributed by atoms with E-state index in [1.54, 1.807) is 25.6 Å². The van der Waals surface area contributed by atoms with Crippen molar-refractivity contribution >= 4 is 10.9 Å². The van der Waals surface area contributed by atoms with Crippen LogP contribution >= 0.6 is 0 Å². The lowest BCUT2D eigenvalue weighted by atomic mass is 9.96. The van der Waals surface area contributed by atoms with Gasteiger partial charge in [-0.25, -0.2) is 0 Å². The van der Waals surface area contributed by atoms with Crippen LogP contribution in [-0.4, -0.2) is 32.0 Å². The van der Waals surface area contributed by atoms with E-state index in [1.165, 1.54) is 5.69 Å². The average Bonchev–Trinajstić information content (AvgIpc) is 3.29. The Hall–Kier alpha value is -3.41. The Morgan fingerprint density at radius 2 is 2.04 bits per heavy atom. The van der Waals surface area contributed by atoms with E-state index in [2.05, 4.69) is 14.6 Å². The fourth-order valence-electron chi connectivity index (χ4n) is 3.84. The average molecular weight is 358 g/mol. The van der Waals surface area contributed by atoms with Gasteiger partial charge in [-0.2, -0.15) is 5.10 Å². The molecule has 1 aliphatic rings. The fraction of sp³-hybridized carbons (Fsp3) is 0.190. The summed E-state index contributed by atoms with van der Waals surface area (Å²) in [4.78, 5) is 8.95. The van der Waals surface area contributed by atoms with Gasteiger partial charge in [0.25, 0.3) is 0 Å². The zero-order chi connectivity index (χ0) is 18.4. The summed E-state index contributed by atoms with van der Waals surface area (Å²) in [6.45, 7) is 0.919. The second kappa shape index (κ2) is 6.09. The predicted octanol–water partition coefficient (Wildman–Crippen LogP) is 3.82. The molecule has 134 valence electrons. The second-order valence-electron chi connectivity index (χ2n) is 6.61. The fourth-order valence-corrected chi connectivity index (χ4v) is 3.84. The summed E-state index contributed by atoms with van der Waals surface area (Å²) in [6.07, 6.45) is 5.62. The number of fused-ring (bicyclic) bond motifs is 2. The highest BCUT2D eigenvalue weighted by molar-refractivity contribution is 6.00. The van der Waals surface area contributed by atoms with Crippen LogP contribution in [0.25, 0.3) is 33.4 Å². The molecule has 0 fully saturated rings. The number of ether oxygens (including phenoxy) is 1. The number of phenols is 1. The molecule has 27 heavy (non-hydrogen) atoms. The molecule has 4 heterocycles. The zero-order valence-corrected chi connectivity index (χ0v) is 14.9. The highest BCUT2D eigenvalue weighted by Gasteiger charge is 2.25. The summed E-state index contributed by atoms with van der Waals surface area (Å²) >= 11 is 0. The lowest BCUT2D eigenvalue weighted by molar-refractivity contribution is 0.374. The van der Waals surface area contributed by atoms with Crippen molar-refractivity contribution in [3.05, 3.63) is 54.5 Å². The molecule has 3 aromatic heterocycles. The van der Waals surface area contributed by atoms with Gasteiger partial charge in [0.05, 0.1) is 18.3 Å². The molecule has 0 unspecified atom stereocenters. The summed E-state index contributed by atoms with van der Waals surface area (Å²) in [5.74, 6) is 0.514. The first-order valence-electron chi connectivity index (χ1n) is 8.93. The minimum Gasteiger partial charge on any atom is -0.504 e. The van der Waals surface area contributed by atoms with E-state index in [0.717, 1.165) is 52.8 Å². The van der Waals surface area contributed by atoms with Crippen LogP contribution in [0.1, 0.15) is 12.1 Å². The third-order valence-corrected chi connectivity index (χ3v) is 5.06. The van der Waals surface area contributed by atoms with E-state index in [9.17, 15) is 5.11 Å². The molecule has 0 saturated heterocycles. The maximum Gasteiger partial charge on any atom is 0.161 e. The van der Waals surface area contributed by atoms with E-state index >= 15 is 0 Å². The Morgan fingerprint density at radius 3 is 2.85 bits per heavy atom. The summed E-state index contributed by atoms with van der Waals surface area (Å²) in [5, 5.41) is 15.9. The molecule has 1 N–H and O–H groups in total. The van der Waals surface area contributed by atoms with Crippen LogP contribution in [0.4, 0.5) is 0 Å². The number of methoxy groups -OCH3 is 1. The van der Waals surface area contributed by atoms with Gasteiger partial charge in [0.15, 0.2) is 11.5 Å². The van der Waals surface area contributed by atoms with Crippen LogP contribution in [0.2, 0.25) is 0 Å². The van der Waals surface area contributed by atoms with Crippen molar-refractivity contribution < 1.29 is 9.84 Å². The van der Waals surface area contributed by atoms with Crippen LogP contribution < -0.4 is 4.74 Å². The van der Waals surface area contributed by atoms with Crippen LogP contribution in [-0.2, 0) is 13.0 Å². The maximum absolute atomic E-state index is 10.1. The zero-order valence-electron chi connectivity index (χ0n) is 14.9. The number of hydrogen-bond acceptors (Lipinski definition) is 5. The van der Waals surface area contributed by atoms with Gasteiger partial charge in [-0.15, -0.1) is 0 Å². The smallest absolute Gasteiger partial charge is 0.161 e. The molecule has 0 radical (unpaired) electrons. The number of aromatic nitrogens is 4. The Labute approximate surface area is 156 Å². The van der Waals surface area contributed by atoms with Crippen molar-refractivity contribution in [3.8, 4) is 34.0 Å². The van der Waals surface area contributed by atoms with Gasteiger partial charge in [0, 0.05) is 41.6 Å². The predicted molar refractivity (Wildman–Crippen MR) is 103 cm³/mol. The first-order valence-corrected chi connectivity index (χ1v) is 8.93. The molecule has 1 aliphatic heterocycles. The molecule has 0 atom stereocenters. The first-order chi connectivity index (χ1) is 13.3. The Morgan fingerprint density at radius 1 is 1.11 bits per heavy atom. The molecule has 5 rings (SSSR count). The molecular weight excluding hydrogens is 340 g/mol. The van der Waals surface area contributed by atoms with Crippen LogP contribution in [0, 0.1) is 0 Å². The van der Waals surface area contributed by atoms with Crippen LogP contribution in [0.5, 0.6) is 11.5 Å². The largest absolute Gasteiger partial charge is 0.504 e. The van der Waals surface area contributed by atoms with Crippen molar-refractivity contribution in [1.29, 1.82) is 0 Å². The van der Waals surface area contributed by atoms with Gasteiger partial charge >= 0.3 is 0 Å². The number of pyridine rings is 2. The molecule has 1 aromatic carbocycles.